The molecule has 0 fully saturated rings. The summed E-state index contributed by atoms with van der Waals surface area (Å²) >= 11 is 4.71. The van der Waals surface area contributed by atoms with E-state index in [4.69, 9.17) is 18.0 Å². The second kappa shape index (κ2) is 6.10. The number of hydrogen-bond acceptors (Lipinski definition) is 4. The van der Waals surface area contributed by atoms with Gasteiger partial charge in [-0.1, -0.05) is 12.2 Å². The van der Waals surface area contributed by atoms with Gasteiger partial charge in [0.1, 0.15) is 6.54 Å². The molecular weight excluding hydrogens is 256 g/mol. The molecule has 98 valence electrons. The molecule has 1 aromatic rings. The van der Waals surface area contributed by atoms with Crippen LogP contribution in [-0.2, 0) is 11.3 Å². The van der Waals surface area contributed by atoms with Crippen LogP contribution in [0.2, 0.25) is 0 Å². The molecule has 0 aliphatic rings. The van der Waals surface area contributed by atoms with Gasteiger partial charge in [-0.15, -0.1) is 0 Å². The quantitative estimate of drug-likeness (QED) is 0.646. The van der Waals surface area contributed by atoms with E-state index in [1.165, 1.54) is 4.90 Å². The van der Waals surface area contributed by atoms with Gasteiger partial charge in [-0.3, -0.25) is 19.5 Å². The average Bonchev–Trinajstić information content (AvgIpc) is 2.30. The first-order valence-electron chi connectivity index (χ1n) is 5.22. The number of carbonyl (C=O) groups excluding carboxylic acids is 1. The maximum atomic E-state index is 11.7. The zero-order chi connectivity index (χ0) is 13.7. The van der Waals surface area contributed by atoms with Crippen molar-refractivity contribution in [1.82, 2.24) is 14.7 Å². The summed E-state index contributed by atoms with van der Waals surface area (Å²) in [4.78, 5) is 35.9. The molecule has 0 radical (unpaired) electrons. The minimum absolute atomic E-state index is 0.219. The number of aromatic amines is 1. The SMILES string of the molecule is CN(CCC(N)=S)C(=O)Cn1[nH]c(=O)ccc1=O. The smallest absolute Gasteiger partial charge is 0.265 e. The van der Waals surface area contributed by atoms with Crippen LogP contribution in [0.25, 0.3) is 0 Å². The molecular formula is C10H14N4O3S. The molecule has 8 heteroatoms. The molecule has 0 saturated carbocycles. The topological polar surface area (TPSA) is 101 Å². The molecule has 0 aliphatic heterocycles. The molecule has 0 aliphatic carbocycles. The second-order valence-electron chi connectivity index (χ2n) is 3.77. The zero-order valence-corrected chi connectivity index (χ0v) is 10.7. The molecule has 7 nitrogen and oxygen atoms in total. The number of hydrogen-bond donors (Lipinski definition) is 2. The van der Waals surface area contributed by atoms with Crippen LogP contribution in [0.4, 0.5) is 0 Å². The molecule has 1 amide bonds. The first kappa shape index (κ1) is 14.1. The largest absolute Gasteiger partial charge is 0.393 e. The molecule has 0 bridgehead atoms. The van der Waals surface area contributed by atoms with Crippen molar-refractivity contribution < 1.29 is 4.79 Å². The highest BCUT2D eigenvalue weighted by atomic mass is 32.1. The minimum Gasteiger partial charge on any atom is -0.393 e. The van der Waals surface area contributed by atoms with E-state index in [2.05, 4.69) is 5.10 Å². The molecule has 1 heterocycles. The third-order valence-corrected chi connectivity index (χ3v) is 2.51. The van der Waals surface area contributed by atoms with Crippen LogP contribution in [0, 0.1) is 0 Å². The number of nitrogens with two attached hydrogens (primary N) is 1. The highest BCUT2D eigenvalue weighted by molar-refractivity contribution is 7.80. The Morgan fingerprint density at radius 3 is 2.78 bits per heavy atom. The number of nitrogens with one attached hydrogen (secondary N) is 1. The number of nitrogens with zero attached hydrogens (tertiary/aromatic N) is 2. The van der Waals surface area contributed by atoms with Crippen LogP contribution >= 0.6 is 12.2 Å². The molecule has 0 saturated heterocycles. The van der Waals surface area contributed by atoms with Crippen molar-refractivity contribution in [2.24, 2.45) is 5.73 Å². The molecule has 0 aromatic carbocycles. The number of aromatic nitrogens is 2. The number of rotatable bonds is 5. The maximum absolute atomic E-state index is 11.7. The van der Waals surface area contributed by atoms with Gasteiger partial charge in [0.05, 0.1) is 4.99 Å². The molecule has 0 unspecified atom stereocenters. The summed E-state index contributed by atoms with van der Waals surface area (Å²) in [5, 5.41) is 2.28. The summed E-state index contributed by atoms with van der Waals surface area (Å²) in [5.41, 5.74) is 4.45. The van der Waals surface area contributed by atoms with Crippen LogP contribution < -0.4 is 16.9 Å². The third kappa shape index (κ3) is 4.13. The van der Waals surface area contributed by atoms with E-state index in [1.54, 1.807) is 7.05 Å². The van der Waals surface area contributed by atoms with E-state index in [0.717, 1.165) is 16.8 Å². The summed E-state index contributed by atoms with van der Waals surface area (Å²) in [6, 6.07) is 2.22. The number of carbonyl (C=O) groups is 1. The van der Waals surface area contributed by atoms with Gasteiger partial charge in [0.25, 0.3) is 11.1 Å². The maximum Gasteiger partial charge on any atom is 0.265 e. The van der Waals surface area contributed by atoms with Gasteiger partial charge in [-0.25, -0.2) is 4.68 Å². The van der Waals surface area contributed by atoms with E-state index >= 15 is 0 Å². The fraction of sp³-hybridized carbons (Fsp3) is 0.400. The van der Waals surface area contributed by atoms with Gasteiger partial charge in [0.2, 0.25) is 5.91 Å². The molecule has 1 rings (SSSR count). The van der Waals surface area contributed by atoms with Crippen LogP contribution in [0.1, 0.15) is 6.42 Å². The average molecular weight is 270 g/mol. The second-order valence-corrected chi connectivity index (χ2v) is 4.29. The molecule has 0 atom stereocenters. The van der Waals surface area contributed by atoms with Crippen LogP contribution in [0.15, 0.2) is 21.7 Å². The van der Waals surface area contributed by atoms with Gasteiger partial charge in [-0.05, 0) is 0 Å². The molecule has 18 heavy (non-hydrogen) atoms. The highest BCUT2D eigenvalue weighted by Crippen LogP contribution is 1.91. The summed E-state index contributed by atoms with van der Waals surface area (Å²) in [7, 11) is 1.58. The Morgan fingerprint density at radius 2 is 2.17 bits per heavy atom. The van der Waals surface area contributed by atoms with Crippen molar-refractivity contribution in [2.75, 3.05) is 13.6 Å². The monoisotopic (exact) mass is 270 g/mol. The van der Waals surface area contributed by atoms with Crippen molar-refractivity contribution >= 4 is 23.1 Å². The predicted octanol–water partition coefficient (Wildman–Crippen LogP) is -1.33. The van der Waals surface area contributed by atoms with Crippen LogP contribution in [0.5, 0.6) is 0 Å². The van der Waals surface area contributed by atoms with E-state index < -0.39 is 11.1 Å². The van der Waals surface area contributed by atoms with E-state index in [-0.39, 0.29) is 12.5 Å². The fourth-order valence-electron chi connectivity index (χ4n) is 1.24. The van der Waals surface area contributed by atoms with Crippen molar-refractivity contribution in [3.05, 3.63) is 32.8 Å². The summed E-state index contributed by atoms with van der Waals surface area (Å²) in [6.07, 6.45) is 0.414. The summed E-state index contributed by atoms with van der Waals surface area (Å²) < 4.78 is 0.960. The highest BCUT2D eigenvalue weighted by Gasteiger charge is 2.10. The van der Waals surface area contributed by atoms with Crippen LogP contribution in [0.3, 0.4) is 0 Å². The van der Waals surface area contributed by atoms with Gasteiger partial charge in [0, 0.05) is 32.1 Å². The van der Waals surface area contributed by atoms with Gasteiger partial charge < -0.3 is 10.6 Å². The first-order chi connectivity index (χ1) is 8.40. The Balaban J connectivity index is 2.69. The Morgan fingerprint density at radius 1 is 1.50 bits per heavy atom. The number of likely N-dealkylation sites (N-methyl/N-ethyl adjacent to an activating group) is 1. The van der Waals surface area contributed by atoms with Gasteiger partial charge in [-0.2, -0.15) is 0 Å². The lowest BCUT2D eigenvalue weighted by Crippen LogP contribution is -2.37. The zero-order valence-electron chi connectivity index (χ0n) is 9.88. The molecule has 0 spiro atoms. The lowest BCUT2D eigenvalue weighted by Gasteiger charge is -2.17. The number of thiocarbonyl (C=S) groups is 1. The van der Waals surface area contributed by atoms with Gasteiger partial charge >= 0.3 is 0 Å². The van der Waals surface area contributed by atoms with Crippen molar-refractivity contribution in [3.8, 4) is 0 Å². The predicted molar refractivity (Wildman–Crippen MR) is 70.4 cm³/mol. The van der Waals surface area contributed by atoms with Crippen molar-refractivity contribution in [2.45, 2.75) is 13.0 Å². The van der Waals surface area contributed by atoms with Crippen molar-refractivity contribution in [1.29, 1.82) is 0 Å². The third-order valence-electron chi connectivity index (χ3n) is 2.30. The Labute approximate surface area is 108 Å². The van der Waals surface area contributed by atoms with E-state index in [0.29, 0.717) is 18.0 Å². The summed E-state index contributed by atoms with van der Waals surface area (Å²) in [5.74, 6) is -0.310. The van der Waals surface area contributed by atoms with Crippen molar-refractivity contribution in [3.63, 3.8) is 0 Å². The Hall–Kier alpha value is -1.96. The van der Waals surface area contributed by atoms with Gasteiger partial charge in [0.15, 0.2) is 0 Å². The molecule has 1 aromatic heterocycles. The Bertz CT molecular complexity index is 563. The normalized spacial score (nSPS) is 10.1. The summed E-state index contributed by atoms with van der Waals surface area (Å²) in [6.45, 7) is 0.155. The van der Waals surface area contributed by atoms with Crippen LogP contribution in [-0.4, -0.2) is 39.2 Å². The van der Waals surface area contributed by atoms with E-state index in [9.17, 15) is 14.4 Å². The van der Waals surface area contributed by atoms with E-state index in [1.807, 2.05) is 0 Å². The first-order valence-corrected chi connectivity index (χ1v) is 5.63. The number of amides is 1. The molecule has 3 N–H and O–H groups in total. The fourth-order valence-corrected chi connectivity index (χ4v) is 1.33. The number of H-pyrrole nitrogens is 1. The lowest BCUT2D eigenvalue weighted by molar-refractivity contribution is -0.130. The Kier molecular flexibility index (Phi) is 4.78. The minimum atomic E-state index is -0.439. The standard InChI is InChI=1S/C10H14N4O3S/c1-13(5-4-7(11)18)10(17)6-14-9(16)3-2-8(15)12-14/h2-3H,4-6H2,1H3,(H2,11,18)(H,12,15). The lowest BCUT2D eigenvalue weighted by atomic mass is 10.4.